The molecule has 29 heavy (non-hydrogen) atoms. The minimum Gasteiger partial charge on any atom is -0.454 e. The van der Waals surface area contributed by atoms with E-state index in [0.717, 1.165) is 5.56 Å². The van der Waals surface area contributed by atoms with Gasteiger partial charge in [0.05, 0.1) is 18.7 Å². The SMILES string of the molecule is CO[C@H]1CNC[C@@H]1NC(=O)c1c(C)ccn(Cc2ccc3c(c2)OCO3)c1=O.Cl. The monoisotopic (exact) mass is 421 g/mol. The van der Waals surface area contributed by atoms with Crippen molar-refractivity contribution < 1.29 is 19.0 Å². The van der Waals surface area contributed by atoms with Crippen molar-refractivity contribution in [3.63, 3.8) is 0 Å². The van der Waals surface area contributed by atoms with Gasteiger partial charge in [0.25, 0.3) is 11.5 Å². The Hall–Kier alpha value is -2.55. The Balaban J connectivity index is 0.00000240. The lowest BCUT2D eigenvalue weighted by atomic mass is 10.1. The zero-order valence-corrected chi connectivity index (χ0v) is 17.1. The third-order valence-corrected chi connectivity index (χ3v) is 5.17. The van der Waals surface area contributed by atoms with E-state index in [-0.39, 0.29) is 48.4 Å². The van der Waals surface area contributed by atoms with E-state index in [9.17, 15) is 9.59 Å². The minimum atomic E-state index is -0.377. The first kappa shape index (κ1) is 21.2. The Kier molecular flexibility index (Phi) is 6.46. The third-order valence-electron chi connectivity index (χ3n) is 5.17. The molecule has 0 aliphatic carbocycles. The second-order valence-corrected chi connectivity index (χ2v) is 7.01. The van der Waals surface area contributed by atoms with Crippen LogP contribution in [0, 0.1) is 6.92 Å². The number of nitrogens with zero attached hydrogens (tertiary/aromatic N) is 1. The van der Waals surface area contributed by atoms with Crippen molar-refractivity contribution in [3.05, 3.63) is 57.5 Å². The fourth-order valence-electron chi connectivity index (χ4n) is 3.59. The lowest BCUT2D eigenvalue weighted by Gasteiger charge is -2.19. The molecule has 156 valence electrons. The highest BCUT2D eigenvalue weighted by atomic mass is 35.5. The number of methoxy groups -OCH3 is 1. The summed E-state index contributed by atoms with van der Waals surface area (Å²) in [5.41, 5.74) is 1.37. The second-order valence-electron chi connectivity index (χ2n) is 7.01. The van der Waals surface area contributed by atoms with E-state index in [4.69, 9.17) is 14.2 Å². The highest BCUT2D eigenvalue weighted by Gasteiger charge is 2.29. The number of hydrogen-bond donors (Lipinski definition) is 2. The van der Waals surface area contributed by atoms with E-state index in [1.807, 2.05) is 18.2 Å². The lowest BCUT2D eigenvalue weighted by molar-refractivity contribution is 0.0778. The summed E-state index contributed by atoms with van der Waals surface area (Å²) in [4.78, 5) is 25.8. The van der Waals surface area contributed by atoms with Gasteiger partial charge < -0.3 is 29.4 Å². The molecule has 0 spiro atoms. The fourth-order valence-corrected chi connectivity index (χ4v) is 3.59. The number of hydrogen-bond acceptors (Lipinski definition) is 6. The molecule has 4 rings (SSSR count). The summed E-state index contributed by atoms with van der Waals surface area (Å²) in [6.45, 7) is 3.58. The molecule has 2 aliphatic heterocycles. The first-order valence-corrected chi connectivity index (χ1v) is 9.20. The van der Waals surface area contributed by atoms with Crippen LogP contribution in [0.4, 0.5) is 0 Å². The second kappa shape index (κ2) is 8.86. The molecule has 2 aromatic rings. The molecular weight excluding hydrogens is 398 g/mol. The van der Waals surface area contributed by atoms with E-state index >= 15 is 0 Å². The number of rotatable bonds is 5. The van der Waals surface area contributed by atoms with Crippen LogP contribution in [0.5, 0.6) is 11.5 Å². The minimum absolute atomic E-state index is 0. The number of ether oxygens (including phenoxy) is 3. The van der Waals surface area contributed by atoms with Crippen LogP contribution in [-0.4, -0.2) is 49.6 Å². The Morgan fingerprint density at radius 2 is 2.07 bits per heavy atom. The van der Waals surface area contributed by atoms with E-state index < -0.39 is 0 Å². The number of fused-ring (bicyclic) bond motifs is 1. The Labute approximate surface area is 174 Å². The lowest BCUT2D eigenvalue weighted by Crippen LogP contribution is -2.45. The van der Waals surface area contributed by atoms with Gasteiger partial charge in [0.2, 0.25) is 6.79 Å². The van der Waals surface area contributed by atoms with Gasteiger partial charge in [-0.2, -0.15) is 0 Å². The maximum Gasteiger partial charge on any atom is 0.263 e. The van der Waals surface area contributed by atoms with E-state index in [1.165, 1.54) is 4.57 Å². The van der Waals surface area contributed by atoms with Gasteiger partial charge >= 0.3 is 0 Å². The number of aromatic nitrogens is 1. The molecule has 8 nitrogen and oxygen atoms in total. The molecule has 0 bridgehead atoms. The van der Waals surface area contributed by atoms with Gasteiger partial charge in [-0.15, -0.1) is 12.4 Å². The van der Waals surface area contributed by atoms with E-state index in [2.05, 4.69) is 10.6 Å². The number of pyridine rings is 1. The molecule has 9 heteroatoms. The number of nitrogens with one attached hydrogen (secondary N) is 2. The molecule has 1 saturated heterocycles. The first-order valence-electron chi connectivity index (χ1n) is 9.20. The molecule has 1 aromatic heterocycles. The largest absolute Gasteiger partial charge is 0.454 e. The molecule has 2 N–H and O–H groups in total. The van der Waals surface area contributed by atoms with Gasteiger partial charge in [0, 0.05) is 26.4 Å². The number of carbonyl (C=O) groups is 1. The predicted molar refractivity (Wildman–Crippen MR) is 109 cm³/mol. The first-order chi connectivity index (χ1) is 13.6. The van der Waals surface area contributed by atoms with Crippen molar-refractivity contribution in [1.29, 1.82) is 0 Å². The van der Waals surface area contributed by atoms with Crippen LogP contribution >= 0.6 is 12.4 Å². The summed E-state index contributed by atoms with van der Waals surface area (Å²) in [7, 11) is 1.61. The average Bonchev–Trinajstić information content (AvgIpc) is 3.32. The van der Waals surface area contributed by atoms with Gasteiger partial charge in [-0.3, -0.25) is 9.59 Å². The standard InChI is InChI=1S/C20H23N3O5.ClH/c1-12-5-6-23(10-13-3-4-15-16(7-13)28-11-27-15)20(25)18(12)19(24)22-14-8-21-9-17(14)26-2;/h3-7,14,17,21H,8-11H2,1-2H3,(H,22,24);1H/t14-,17-;/m0./s1. The van der Waals surface area contributed by atoms with Crippen LogP contribution in [0.3, 0.4) is 0 Å². The fraction of sp³-hybridized carbons (Fsp3) is 0.400. The van der Waals surface area contributed by atoms with Crippen molar-refractivity contribution >= 4 is 18.3 Å². The molecular formula is C20H24ClN3O5. The summed E-state index contributed by atoms with van der Waals surface area (Å²) >= 11 is 0. The molecule has 2 atom stereocenters. The maximum absolute atomic E-state index is 13.0. The molecule has 0 saturated carbocycles. The summed E-state index contributed by atoms with van der Waals surface area (Å²) in [5.74, 6) is 0.978. The van der Waals surface area contributed by atoms with Gasteiger partial charge in [-0.25, -0.2) is 0 Å². The molecule has 3 heterocycles. The highest BCUT2D eigenvalue weighted by Crippen LogP contribution is 2.32. The number of halogens is 1. The van der Waals surface area contributed by atoms with Crippen LogP contribution in [-0.2, 0) is 11.3 Å². The zero-order valence-electron chi connectivity index (χ0n) is 16.3. The van der Waals surface area contributed by atoms with Gasteiger partial charge in [-0.05, 0) is 36.2 Å². The van der Waals surface area contributed by atoms with Crippen LogP contribution in [0.2, 0.25) is 0 Å². The number of aryl methyl sites for hydroxylation is 1. The zero-order chi connectivity index (χ0) is 19.7. The van der Waals surface area contributed by atoms with Crippen molar-refractivity contribution in [2.75, 3.05) is 27.0 Å². The average molecular weight is 422 g/mol. The summed E-state index contributed by atoms with van der Waals surface area (Å²) in [6, 6.07) is 7.17. The Morgan fingerprint density at radius 1 is 1.28 bits per heavy atom. The Morgan fingerprint density at radius 3 is 2.86 bits per heavy atom. The number of carbonyl (C=O) groups excluding carboxylic acids is 1. The van der Waals surface area contributed by atoms with Crippen molar-refractivity contribution in [3.8, 4) is 11.5 Å². The van der Waals surface area contributed by atoms with Crippen LogP contribution in [0.1, 0.15) is 21.5 Å². The highest BCUT2D eigenvalue weighted by molar-refractivity contribution is 5.95. The van der Waals surface area contributed by atoms with E-state index in [0.29, 0.717) is 36.7 Å². The van der Waals surface area contributed by atoms with Gasteiger partial charge in [0.15, 0.2) is 11.5 Å². The predicted octanol–water partition coefficient (Wildman–Crippen LogP) is 1.07. The molecule has 0 unspecified atom stereocenters. The molecule has 0 radical (unpaired) electrons. The van der Waals surface area contributed by atoms with Gasteiger partial charge in [0.1, 0.15) is 5.56 Å². The van der Waals surface area contributed by atoms with Crippen molar-refractivity contribution in [2.45, 2.75) is 25.6 Å². The van der Waals surface area contributed by atoms with Crippen LogP contribution < -0.4 is 25.7 Å². The number of amides is 1. The molecule has 1 fully saturated rings. The maximum atomic E-state index is 13.0. The van der Waals surface area contributed by atoms with Crippen LogP contribution in [0.25, 0.3) is 0 Å². The van der Waals surface area contributed by atoms with Gasteiger partial charge in [-0.1, -0.05) is 6.07 Å². The third kappa shape index (κ3) is 4.24. The Bertz CT molecular complexity index is 962. The molecule has 1 aromatic carbocycles. The number of benzene rings is 1. The molecule has 1 amide bonds. The van der Waals surface area contributed by atoms with Crippen molar-refractivity contribution in [2.24, 2.45) is 0 Å². The van der Waals surface area contributed by atoms with Crippen molar-refractivity contribution in [1.82, 2.24) is 15.2 Å². The normalized spacial score (nSPS) is 19.7. The topological polar surface area (TPSA) is 90.8 Å². The summed E-state index contributed by atoms with van der Waals surface area (Å²) in [5, 5.41) is 6.11. The summed E-state index contributed by atoms with van der Waals surface area (Å²) < 4.78 is 17.6. The van der Waals surface area contributed by atoms with Crippen LogP contribution in [0.15, 0.2) is 35.3 Å². The smallest absolute Gasteiger partial charge is 0.263 e. The summed E-state index contributed by atoms with van der Waals surface area (Å²) in [6.07, 6.45) is 1.59. The van der Waals surface area contributed by atoms with E-state index in [1.54, 1.807) is 26.3 Å². The quantitative estimate of drug-likeness (QED) is 0.750. The molecule has 2 aliphatic rings.